The lowest BCUT2D eigenvalue weighted by Crippen LogP contribution is -2.15. The van der Waals surface area contributed by atoms with Crippen LogP contribution in [0.4, 0.5) is 5.69 Å². The van der Waals surface area contributed by atoms with Crippen LogP contribution in [0.2, 0.25) is 10.0 Å². The lowest BCUT2D eigenvalue weighted by Gasteiger charge is -2.10. The maximum absolute atomic E-state index is 13.0. The molecule has 0 spiro atoms. The van der Waals surface area contributed by atoms with Gasteiger partial charge in [-0.1, -0.05) is 47.0 Å². The van der Waals surface area contributed by atoms with Gasteiger partial charge in [-0.2, -0.15) is 0 Å². The Morgan fingerprint density at radius 3 is 2.29 bits per heavy atom. The lowest BCUT2D eigenvalue weighted by molar-refractivity contribution is 0.101. The molecule has 0 radical (unpaired) electrons. The minimum Gasteiger partial charge on any atom is -0.319 e. The van der Waals surface area contributed by atoms with Crippen LogP contribution in [0.3, 0.4) is 0 Å². The molecule has 0 unspecified atom stereocenters. The van der Waals surface area contributed by atoms with E-state index in [9.17, 15) is 4.79 Å². The molecule has 0 aliphatic rings. The Morgan fingerprint density at radius 1 is 0.871 bits per heavy atom. The van der Waals surface area contributed by atoms with E-state index >= 15 is 0 Å². The molecule has 0 atom stereocenters. The number of halogens is 2. The summed E-state index contributed by atoms with van der Waals surface area (Å²) in [5, 5.41) is 8.57. The number of carbonyl (C=O) groups is 1. The number of nitrogens with one attached hydrogen (secondary N) is 1. The van der Waals surface area contributed by atoms with E-state index in [2.05, 4.69) is 21.5 Å². The third kappa shape index (κ3) is 4.48. The first-order valence-corrected chi connectivity index (χ1v) is 10.5. The zero-order chi connectivity index (χ0) is 22.1. The monoisotopic (exact) mass is 450 g/mol. The second-order valence-corrected chi connectivity index (χ2v) is 8.25. The van der Waals surface area contributed by atoms with Gasteiger partial charge >= 0.3 is 0 Å². The van der Waals surface area contributed by atoms with Gasteiger partial charge in [0.25, 0.3) is 5.91 Å². The number of benzene rings is 3. The molecule has 156 valence electrons. The van der Waals surface area contributed by atoms with Gasteiger partial charge in [0.1, 0.15) is 0 Å². The lowest BCUT2D eigenvalue weighted by atomic mass is 10.1. The highest BCUT2D eigenvalue weighted by Crippen LogP contribution is 2.26. The number of aryl methyl sites for hydroxylation is 3. The highest BCUT2D eigenvalue weighted by atomic mass is 35.5. The van der Waals surface area contributed by atoms with Gasteiger partial charge in [0.15, 0.2) is 5.82 Å². The molecule has 0 saturated carbocycles. The van der Waals surface area contributed by atoms with Gasteiger partial charge in [-0.3, -0.25) is 4.79 Å². The standard InChI is InChI=1S/C24H20Cl2N4O/c1-14-4-11-21(16(3)12-14)30-23(17-6-9-18(25)10-7-17)28-22(29-30)24(31)27-20-13-19(26)8-5-15(20)2/h4-13H,1-3H3,(H,27,31). The summed E-state index contributed by atoms with van der Waals surface area (Å²) in [7, 11) is 0. The van der Waals surface area contributed by atoms with E-state index in [1.54, 1.807) is 28.9 Å². The average molecular weight is 451 g/mol. The van der Waals surface area contributed by atoms with Crippen molar-refractivity contribution in [3.05, 3.63) is 93.2 Å². The van der Waals surface area contributed by atoms with Crippen LogP contribution in [-0.2, 0) is 0 Å². The van der Waals surface area contributed by atoms with Gasteiger partial charge in [0.05, 0.1) is 5.69 Å². The zero-order valence-corrected chi connectivity index (χ0v) is 18.8. The van der Waals surface area contributed by atoms with E-state index in [-0.39, 0.29) is 5.82 Å². The molecule has 31 heavy (non-hydrogen) atoms. The van der Waals surface area contributed by atoms with Crippen molar-refractivity contribution >= 4 is 34.8 Å². The van der Waals surface area contributed by atoms with Crippen LogP contribution in [0.5, 0.6) is 0 Å². The molecule has 0 fully saturated rings. The van der Waals surface area contributed by atoms with Crippen LogP contribution >= 0.6 is 23.2 Å². The largest absolute Gasteiger partial charge is 0.319 e. The first-order chi connectivity index (χ1) is 14.8. The first kappa shape index (κ1) is 21.1. The number of carbonyl (C=O) groups excluding carboxylic acids is 1. The van der Waals surface area contributed by atoms with Gasteiger partial charge in [0.2, 0.25) is 5.82 Å². The summed E-state index contributed by atoms with van der Waals surface area (Å²) in [6, 6.07) is 18.7. The van der Waals surface area contributed by atoms with Gasteiger partial charge in [0, 0.05) is 21.3 Å². The molecule has 0 aliphatic carbocycles. The van der Waals surface area contributed by atoms with E-state index < -0.39 is 5.91 Å². The Kier molecular flexibility index (Phi) is 5.81. The molecular weight excluding hydrogens is 431 g/mol. The second kappa shape index (κ2) is 8.53. The maximum Gasteiger partial charge on any atom is 0.295 e. The summed E-state index contributed by atoms with van der Waals surface area (Å²) < 4.78 is 1.69. The number of aromatic nitrogens is 3. The summed E-state index contributed by atoms with van der Waals surface area (Å²) in [6.45, 7) is 5.93. The maximum atomic E-state index is 13.0. The number of anilines is 1. The normalized spacial score (nSPS) is 10.9. The molecule has 3 aromatic carbocycles. The van der Waals surface area contributed by atoms with Gasteiger partial charge < -0.3 is 5.32 Å². The number of hydrogen-bond acceptors (Lipinski definition) is 3. The number of nitrogens with zero attached hydrogens (tertiary/aromatic N) is 3. The zero-order valence-electron chi connectivity index (χ0n) is 17.3. The van der Waals surface area contributed by atoms with Crippen molar-refractivity contribution in [2.24, 2.45) is 0 Å². The highest BCUT2D eigenvalue weighted by molar-refractivity contribution is 6.31. The fraction of sp³-hybridized carbons (Fsp3) is 0.125. The third-order valence-electron chi connectivity index (χ3n) is 4.94. The van der Waals surface area contributed by atoms with Crippen LogP contribution in [0.25, 0.3) is 17.1 Å². The summed E-state index contributed by atoms with van der Waals surface area (Å²) in [4.78, 5) is 17.5. The average Bonchev–Trinajstić information content (AvgIpc) is 3.16. The molecule has 7 heteroatoms. The van der Waals surface area contributed by atoms with Crippen LogP contribution in [0.1, 0.15) is 27.3 Å². The molecule has 4 aromatic rings. The quantitative estimate of drug-likeness (QED) is 0.390. The van der Waals surface area contributed by atoms with E-state index in [0.717, 1.165) is 27.9 Å². The van der Waals surface area contributed by atoms with E-state index in [4.69, 9.17) is 23.2 Å². The summed E-state index contributed by atoms with van der Waals surface area (Å²) in [5.74, 6) is 0.199. The summed E-state index contributed by atoms with van der Waals surface area (Å²) in [5.41, 5.74) is 5.33. The minimum atomic E-state index is -0.413. The molecule has 4 rings (SSSR count). The Hall–Kier alpha value is -3.15. The molecule has 0 aliphatic heterocycles. The summed E-state index contributed by atoms with van der Waals surface area (Å²) in [6.07, 6.45) is 0. The smallest absolute Gasteiger partial charge is 0.295 e. The number of rotatable bonds is 4. The van der Waals surface area contributed by atoms with Crippen molar-refractivity contribution in [2.75, 3.05) is 5.32 Å². The third-order valence-corrected chi connectivity index (χ3v) is 5.43. The molecule has 1 heterocycles. The Morgan fingerprint density at radius 2 is 1.58 bits per heavy atom. The summed E-state index contributed by atoms with van der Waals surface area (Å²) >= 11 is 12.1. The van der Waals surface area contributed by atoms with Crippen molar-refractivity contribution in [2.45, 2.75) is 20.8 Å². The van der Waals surface area contributed by atoms with Crippen molar-refractivity contribution in [1.29, 1.82) is 0 Å². The van der Waals surface area contributed by atoms with Crippen molar-refractivity contribution in [3.8, 4) is 17.1 Å². The topological polar surface area (TPSA) is 59.8 Å². The van der Waals surface area contributed by atoms with Gasteiger partial charge in [-0.25, -0.2) is 9.67 Å². The van der Waals surface area contributed by atoms with E-state index in [1.807, 2.05) is 51.1 Å². The second-order valence-electron chi connectivity index (χ2n) is 7.38. The van der Waals surface area contributed by atoms with Crippen LogP contribution < -0.4 is 5.32 Å². The molecule has 5 nitrogen and oxygen atoms in total. The number of amides is 1. The van der Waals surface area contributed by atoms with Crippen molar-refractivity contribution in [1.82, 2.24) is 14.8 Å². The van der Waals surface area contributed by atoms with E-state index in [1.165, 1.54) is 0 Å². The molecular formula is C24H20Cl2N4O. The molecule has 1 N–H and O–H groups in total. The molecule has 1 aromatic heterocycles. The number of hydrogen-bond donors (Lipinski definition) is 1. The van der Waals surface area contributed by atoms with Crippen molar-refractivity contribution in [3.63, 3.8) is 0 Å². The Bertz CT molecular complexity index is 1280. The SMILES string of the molecule is Cc1ccc(-n2nc(C(=O)Nc3cc(Cl)ccc3C)nc2-c2ccc(Cl)cc2)c(C)c1. The van der Waals surface area contributed by atoms with Crippen LogP contribution in [0.15, 0.2) is 60.7 Å². The fourth-order valence-corrected chi connectivity index (χ4v) is 3.61. The van der Waals surface area contributed by atoms with Gasteiger partial charge in [-0.15, -0.1) is 5.10 Å². The van der Waals surface area contributed by atoms with Crippen LogP contribution in [-0.4, -0.2) is 20.7 Å². The minimum absolute atomic E-state index is 0.0595. The van der Waals surface area contributed by atoms with Crippen molar-refractivity contribution < 1.29 is 4.79 Å². The Balaban J connectivity index is 1.80. The fourth-order valence-electron chi connectivity index (χ4n) is 3.31. The molecule has 0 bridgehead atoms. The van der Waals surface area contributed by atoms with Gasteiger partial charge in [-0.05, 0) is 74.4 Å². The first-order valence-electron chi connectivity index (χ1n) is 9.70. The van der Waals surface area contributed by atoms with E-state index in [0.29, 0.717) is 21.6 Å². The molecule has 0 saturated heterocycles. The highest BCUT2D eigenvalue weighted by Gasteiger charge is 2.20. The Labute approximate surface area is 190 Å². The van der Waals surface area contributed by atoms with Crippen LogP contribution in [0, 0.1) is 20.8 Å². The predicted molar refractivity (Wildman–Crippen MR) is 125 cm³/mol. The molecule has 1 amide bonds. The predicted octanol–water partition coefficient (Wildman–Crippen LogP) is 6.42.